The van der Waals surface area contributed by atoms with Gasteiger partial charge in [0.25, 0.3) is 0 Å². The minimum absolute atomic E-state index is 0. The van der Waals surface area contributed by atoms with E-state index in [1.54, 1.807) is 6.07 Å². The number of aliphatic hydroxyl groups is 1. The summed E-state index contributed by atoms with van der Waals surface area (Å²) in [7, 11) is -3.57. The number of carboxylic acid groups (broad SMARTS) is 1. The summed E-state index contributed by atoms with van der Waals surface area (Å²) in [4.78, 5) is 10.9. The van der Waals surface area contributed by atoms with Gasteiger partial charge in [0.1, 0.15) is 5.75 Å². The number of aliphatic hydroxyl groups excluding tert-OH is 1. The fourth-order valence-electron chi connectivity index (χ4n) is 3.13. The molecule has 0 spiro atoms. The van der Waals surface area contributed by atoms with Crippen molar-refractivity contribution in [3.05, 3.63) is 59.2 Å². The number of phenols is 1. The number of sulfonamides is 1. The average Bonchev–Trinajstić information content (AvgIpc) is 2.60. The number of anilines is 1. The van der Waals surface area contributed by atoms with E-state index in [1.807, 2.05) is 32.0 Å². The first-order valence-corrected chi connectivity index (χ1v) is 11.3. The summed E-state index contributed by atoms with van der Waals surface area (Å²) in [5.41, 5.74) is 1.76. The number of aromatic hydroxyl groups is 1. The molecule has 8 nitrogen and oxygen atoms in total. The van der Waals surface area contributed by atoms with Crippen molar-refractivity contribution >= 4 is 51.2 Å². The molecule has 0 saturated carbocycles. The van der Waals surface area contributed by atoms with Gasteiger partial charge in [-0.25, -0.2) is 8.42 Å². The van der Waals surface area contributed by atoms with Gasteiger partial charge in [0.05, 0.1) is 24.5 Å². The molecule has 0 aliphatic rings. The number of rotatable bonds is 10. The second-order valence-corrected chi connectivity index (χ2v) is 9.75. The Hall–Kier alpha value is -1.62. The van der Waals surface area contributed by atoms with Crippen molar-refractivity contribution in [3.8, 4) is 5.75 Å². The Morgan fingerprint density at radius 2 is 1.77 bits per heavy atom. The molecule has 2 rings (SSSR count). The van der Waals surface area contributed by atoms with Gasteiger partial charge < -0.3 is 20.6 Å². The number of aliphatic carboxylic acids is 1. The Labute approximate surface area is 205 Å². The summed E-state index contributed by atoms with van der Waals surface area (Å²) in [6.07, 6.45) is 0.628. The number of hydrogen-bond acceptors (Lipinski definition) is 6. The van der Waals surface area contributed by atoms with E-state index in [4.69, 9.17) is 5.11 Å². The zero-order chi connectivity index (χ0) is 22.5. The molecule has 0 heterocycles. The van der Waals surface area contributed by atoms with E-state index in [9.17, 15) is 23.4 Å². The maximum Gasteiger partial charge on any atom is 0.307 e. The molecule has 0 saturated heterocycles. The van der Waals surface area contributed by atoms with Gasteiger partial charge in [-0.2, -0.15) is 0 Å². The van der Waals surface area contributed by atoms with Gasteiger partial charge in [0.2, 0.25) is 10.0 Å². The molecule has 165 valence electrons. The molecule has 1 radical (unpaired) electrons. The monoisotopic (exact) mass is 459 g/mol. The molecule has 0 amide bonds. The number of hydrogen-bond donors (Lipinski definition) is 5. The normalized spacial score (nSPS) is 12.6. The van der Waals surface area contributed by atoms with Crippen LogP contribution in [0.5, 0.6) is 5.75 Å². The van der Waals surface area contributed by atoms with Crippen molar-refractivity contribution in [1.29, 1.82) is 0 Å². The molecule has 0 aromatic heterocycles. The van der Waals surface area contributed by atoms with E-state index in [-0.39, 0.29) is 54.0 Å². The van der Waals surface area contributed by atoms with Crippen LogP contribution in [-0.4, -0.2) is 77.6 Å². The third-order valence-electron chi connectivity index (χ3n) is 4.47. The molecule has 2 aromatic carbocycles. The van der Waals surface area contributed by atoms with Crippen LogP contribution in [0.15, 0.2) is 42.5 Å². The molecule has 5 N–H and O–H groups in total. The predicted molar refractivity (Wildman–Crippen MR) is 121 cm³/mol. The average molecular weight is 460 g/mol. The quantitative estimate of drug-likeness (QED) is 0.269. The summed E-state index contributed by atoms with van der Waals surface area (Å²) in [6.45, 7) is 4.14. The number of carbonyl (C=O) groups is 1. The van der Waals surface area contributed by atoms with Crippen molar-refractivity contribution in [1.82, 2.24) is 5.32 Å². The van der Waals surface area contributed by atoms with Gasteiger partial charge >= 0.3 is 5.97 Å². The van der Waals surface area contributed by atoms with Crippen LogP contribution in [0.25, 0.3) is 0 Å². The third-order valence-corrected chi connectivity index (χ3v) is 5.06. The largest absolute Gasteiger partial charge is 0.506 e. The predicted octanol–water partition coefficient (Wildman–Crippen LogP) is 1.65. The standard InChI is InChI=1S/C21H28N2O6S.Na/c1-21(2,12-15-6-4-5-14(9-15)10-20(26)27)22-13-19(25)16-7-8-18(24)17(11-16)23-30(3,28)29;/h4-9,11,19,22-25H,10,12-13H2,1-3H3,(H,26,27);/t19-;/m0./s1. The zero-order valence-corrected chi connectivity index (χ0v) is 21.0. The Balaban J connectivity index is 0.00000480. The third kappa shape index (κ3) is 9.59. The van der Waals surface area contributed by atoms with Crippen LogP contribution >= 0.6 is 0 Å². The minimum Gasteiger partial charge on any atom is -0.506 e. The van der Waals surface area contributed by atoms with Crippen LogP contribution in [0.1, 0.15) is 36.6 Å². The van der Waals surface area contributed by atoms with Crippen molar-refractivity contribution in [2.24, 2.45) is 0 Å². The first kappa shape index (κ1) is 27.4. The van der Waals surface area contributed by atoms with Gasteiger partial charge in [-0.1, -0.05) is 30.3 Å². The summed E-state index contributed by atoms with van der Waals surface area (Å²) in [5, 5.41) is 32.6. The summed E-state index contributed by atoms with van der Waals surface area (Å²) in [6, 6.07) is 11.6. The molecule has 0 unspecified atom stereocenters. The second-order valence-electron chi connectivity index (χ2n) is 8.00. The van der Waals surface area contributed by atoms with Crippen molar-refractivity contribution in [2.75, 3.05) is 17.5 Å². The minimum atomic E-state index is -3.57. The molecule has 0 bridgehead atoms. The zero-order valence-electron chi connectivity index (χ0n) is 18.2. The number of β-amino-alcohol motifs (C(OH)–C–C–N with tert-alkyl or cyclic N) is 1. The Morgan fingerprint density at radius 3 is 2.39 bits per heavy atom. The molecule has 2 aromatic rings. The summed E-state index contributed by atoms with van der Waals surface area (Å²) in [5.74, 6) is -1.11. The maximum absolute atomic E-state index is 11.4. The van der Waals surface area contributed by atoms with Crippen molar-refractivity contribution in [2.45, 2.75) is 38.3 Å². The van der Waals surface area contributed by atoms with Crippen molar-refractivity contribution < 1.29 is 28.5 Å². The molecular weight excluding hydrogens is 431 g/mol. The smallest absolute Gasteiger partial charge is 0.307 e. The second kappa shape index (κ2) is 11.3. The van der Waals surface area contributed by atoms with Crippen LogP contribution in [0, 0.1) is 0 Å². The van der Waals surface area contributed by atoms with Gasteiger partial charge in [-0.05, 0) is 49.1 Å². The van der Waals surface area contributed by atoms with Gasteiger partial charge in [-0.3, -0.25) is 9.52 Å². The van der Waals surface area contributed by atoms with E-state index in [0.717, 1.165) is 17.4 Å². The SMILES string of the molecule is CC(C)(Cc1cccc(CC(=O)O)c1)NC[C@H](O)c1ccc(O)c(NS(C)(=O)=O)c1.[Na]. The van der Waals surface area contributed by atoms with Crippen LogP contribution in [0.2, 0.25) is 0 Å². The van der Waals surface area contributed by atoms with Gasteiger partial charge in [0.15, 0.2) is 0 Å². The molecule has 0 aliphatic heterocycles. The molecule has 0 fully saturated rings. The van der Waals surface area contributed by atoms with Gasteiger partial charge in [0, 0.05) is 41.6 Å². The van der Waals surface area contributed by atoms with Crippen molar-refractivity contribution in [3.63, 3.8) is 0 Å². The Bertz CT molecular complexity index is 1010. The molecular formula is C21H28N2NaO6S. The number of nitrogens with one attached hydrogen (secondary N) is 2. The van der Waals surface area contributed by atoms with Gasteiger partial charge in [-0.15, -0.1) is 0 Å². The molecule has 10 heteroatoms. The fourth-order valence-corrected chi connectivity index (χ4v) is 3.69. The molecule has 31 heavy (non-hydrogen) atoms. The van der Waals surface area contributed by atoms with E-state index >= 15 is 0 Å². The van der Waals surface area contributed by atoms with Crippen LogP contribution in [0.4, 0.5) is 5.69 Å². The molecule has 1 atom stereocenters. The summed E-state index contributed by atoms with van der Waals surface area (Å²) >= 11 is 0. The number of carboxylic acids is 1. The number of phenolic OH excluding ortho intramolecular Hbond substituents is 1. The van der Waals surface area contributed by atoms with E-state index in [0.29, 0.717) is 12.0 Å². The first-order valence-electron chi connectivity index (χ1n) is 9.38. The fraction of sp³-hybridized carbons (Fsp3) is 0.381. The molecule has 0 aliphatic carbocycles. The topological polar surface area (TPSA) is 136 Å². The number of benzene rings is 2. The van der Waals surface area contributed by atoms with Crippen LogP contribution in [0.3, 0.4) is 0 Å². The van der Waals surface area contributed by atoms with Crippen LogP contribution in [-0.2, 0) is 27.7 Å². The van der Waals surface area contributed by atoms with E-state index < -0.39 is 27.6 Å². The summed E-state index contributed by atoms with van der Waals surface area (Å²) < 4.78 is 25.1. The Morgan fingerprint density at radius 1 is 1.13 bits per heavy atom. The van der Waals surface area contributed by atoms with E-state index in [1.165, 1.54) is 18.2 Å². The maximum atomic E-state index is 11.4. The first-order chi connectivity index (χ1) is 13.8. The van der Waals surface area contributed by atoms with E-state index in [2.05, 4.69) is 10.0 Å². The Kier molecular flexibility index (Phi) is 10.00. The van der Waals surface area contributed by atoms with Crippen LogP contribution < -0.4 is 10.0 Å².